The molecule has 3 aromatic carbocycles. The van der Waals surface area contributed by atoms with Crippen molar-refractivity contribution in [2.24, 2.45) is 0 Å². The Bertz CT molecular complexity index is 1460. The first kappa shape index (κ1) is 24.6. The van der Waals surface area contributed by atoms with Crippen LogP contribution in [0.2, 0.25) is 0 Å². The average Bonchev–Trinajstić information content (AvgIpc) is 2.84. The maximum absolute atomic E-state index is 13.4. The summed E-state index contributed by atoms with van der Waals surface area (Å²) in [4.78, 5) is 32.4. The summed E-state index contributed by atoms with van der Waals surface area (Å²) in [6.07, 6.45) is -3.82. The summed E-state index contributed by atoms with van der Waals surface area (Å²) in [6.45, 7) is 0. The molecule has 0 unspecified atom stereocenters. The van der Waals surface area contributed by atoms with Crippen molar-refractivity contribution in [3.63, 3.8) is 0 Å². The number of rotatable bonds is 5. The minimum Gasteiger partial charge on any atom is -0.453 e. The van der Waals surface area contributed by atoms with Crippen molar-refractivity contribution in [2.45, 2.75) is 12.6 Å². The first-order chi connectivity index (χ1) is 17.1. The molecule has 0 bridgehead atoms. The van der Waals surface area contributed by atoms with Gasteiger partial charge in [0.15, 0.2) is 0 Å². The fourth-order valence-electron chi connectivity index (χ4n) is 3.62. The van der Waals surface area contributed by atoms with Gasteiger partial charge in [-0.1, -0.05) is 30.3 Å². The van der Waals surface area contributed by atoms with E-state index >= 15 is 0 Å². The van der Waals surface area contributed by atoms with E-state index in [9.17, 15) is 27.2 Å². The predicted octanol–water partition coefficient (Wildman–Crippen LogP) is 5.81. The van der Waals surface area contributed by atoms with Gasteiger partial charge in [0.05, 0.1) is 24.1 Å². The molecule has 4 rings (SSSR count). The van der Waals surface area contributed by atoms with Crippen molar-refractivity contribution in [2.75, 3.05) is 17.7 Å². The first-order valence-electron chi connectivity index (χ1n) is 10.5. The number of halogens is 4. The SMILES string of the molecule is COC(=O)Nc1cc(Cc2ccc3c(C(=O)Nc4ccc(F)cc4C(F)(F)F)cccc3c2)ncn1. The van der Waals surface area contributed by atoms with Gasteiger partial charge in [-0.3, -0.25) is 10.1 Å². The third-order valence-electron chi connectivity index (χ3n) is 5.25. The van der Waals surface area contributed by atoms with Crippen LogP contribution in [0.25, 0.3) is 10.8 Å². The number of nitrogens with one attached hydrogen (secondary N) is 2. The van der Waals surface area contributed by atoms with E-state index < -0.39 is 35.2 Å². The highest BCUT2D eigenvalue weighted by Crippen LogP contribution is 2.35. The van der Waals surface area contributed by atoms with E-state index in [1.165, 1.54) is 19.5 Å². The minimum absolute atomic E-state index is 0.156. The van der Waals surface area contributed by atoms with Gasteiger partial charge in [-0.25, -0.2) is 19.2 Å². The van der Waals surface area contributed by atoms with Crippen molar-refractivity contribution in [1.82, 2.24) is 9.97 Å². The zero-order valence-corrected chi connectivity index (χ0v) is 18.7. The molecule has 4 aromatic rings. The highest BCUT2D eigenvalue weighted by atomic mass is 19.4. The number of alkyl halides is 3. The molecule has 2 N–H and O–H groups in total. The van der Waals surface area contributed by atoms with Gasteiger partial charge in [-0.2, -0.15) is 13.2 Å². The average molecular weight is 498 g/mol. The molecule has 1 aromatic heterocycles. The van der Waals surface area contributed by atoms with E-state index in [0.29, 0.717) is 29.0 Å². The Hall–Kier alpha value is -4.54. The molecule has 0 aliphatic heterocycles. The van der Waals surface area contributed by atoms with Gasteiger partial charge in [0.2, 0.25) is 0 Å². The molecule has 36 heavy (non-hydrogen) atoms. The van der Waals surface area contributed by atoms with Crippen LogP contribution in [0.5, 0.6) is 0 Å². The second-order valence-electron chi connectivity index (χ2n) is 7.69. The number of nitrogens with zero attached hydrogens (tertiary/aromatic N) is 2. The zero-order chi connectivity index (χ0) is 25.9. The van der Waals surface area contributed by atoms with Crippen molar-refractivity contribution in [1.29, 1.82) is 0 Å². The highest BCUT2D eigenvalue weighted by Gasteiger charge is 2.34. The summed E-state index contributed by atoms with van der Waals surface area (Å²) in [7, 11) is 1.23. The summed E-state index contributed by atoms with van der Waals surface area (Å²) in [5.41, 5.74) is -0.212. The Balaban J connectivity index is 1.59. The van der Waals surface area contributed by atoms with Crippen LogP contribution >= 0.6 is 0 Å². The number of methoxy groups -OCH3 is 1. The van der Waals surface area contributed by atoms with E-state index in [2.05, 4.69) is 25.3 Å². The van der Waals surface area contributed by atoms with Gasteiger partial charge < -0.3 is 10.1 Å². The Morgan fingerprint density at radius 2 is 1.78 bits per heavy atom. The van der Waals surface area contributed by atoms with Crippen LogP contribution in [-0.4, -0.2) is 29.1 Å². The van der Waals surface area contributed by atoms with Gasteiger partial charge in [-0.15, -0.1) is 0 Å². The Kier molecular flexibility index (Phi) is 6.82. The van der Waals surface area contributed by atoms with Crippen LogP contribution in [0.3, 0.4) is 0 Å². The van der Waals surface area contributed by atoms with Crippen molar-refractivity contribution in [3.8, 4) is 0 Å². The van der Waals surface area contributed by atoms with Crippen LogP contribution in [0.4, 0.5) is 33.9 Å². The second kappa shape index (κ2) is 9.98. The molecule has 7 nitrogen and oxygen atoms in total. The van der Waals surface area contributed by atoms with E-state index in [4.69, 9.17) is 0 Å². The fourth-order valence-corrected chi connectivity index (χ4v) is 3.62. The van der Waals surface area contributed by atoms with Crippen LogP contribution in [-0.2, 0) is 17.3 Å². The quantitative estimate of drug-likeness (QED) is 0.339. The number of ether oxygens (including phenoxy) is 1. The van der Waals surface area contributed by atoms with Crippen LogP contribution in [0, 0.1) is 5.82 Å². The molecule has 0 fully saturated rings. The van der Waals surface area contributed by atoms with Crippen molar-refractivity contribution in [3.05, 3.63) is 95.2 Å². The maximum Gasteiger partial charge on any atom is 0.418 e. The third-order valence-corrected chi connectivity index (χ3v) is 5.25. The van der Waals surface area contributed by atoms with E-state index in [1.807, 2.05) is 6.07 Å². The van der Waals surface area contributed by atoms with Crippen molar-refractivity contribution >= 4 is 34.3 Å². The molecule has 0 saturated carbocycles. The molecule has 2 amide bonds. The fraction of sp³-hybridized carbons (Fsp3) is 0.120. The molecule has 0 spiro atoms. The predicted molar refractivity (Wildman–Crippen MR) is 124 cm³/mol. The minimum atomic E-state index is -4.84. The first-order valence-corrected chi connectivity index (χ1v) is 10.5. The van der Waals surface area contributed by atoms with E-state index in [1.54, 1.807) is 30.3 Å². The molecule has 1 heterocycles. The van der Waals surface area contributed by atoms with Gasteiger partial charge >= 0.3 is 12.3 Å². The van der Waals surface area contributed by atoms with Gasteiger partial charge in [-0.05, 0) is 40.6 Å². The monoisotopic (exact) mass is 498 g/mol. The molecule has 0 saturated heterocycles. The third kappa shape index (κ3) is 5.57. The molecule has 0 radical (unpaired) electrons. The molecule has 184 valence electrons. The van der Waals surface area contributed by atoms with Gasteiger partial charge in [0.25, 0.3) is 5.91 Å². The lowest BCUT2D eigenvalue weighted by Gasteiger charge is -2.15. The lowest BCUT2D eigenvalue weighted by atomic mass is 9.99. The smallest absolute Gasteiger partial charge is 0.418 e. The summed E-state index contributed by atoms with van der Waals surface area (Å²) in [5.74, 6) is -1.56. The maximum atomic E-state index is 13.4. The van der Waals surface area contributed by atoms with E-state index in [-0.39, 0.29) is 11.4 Å². The number of amides is 2. The van der Waals surface area contributed by atoms with Crippen LogP contribution in [0.1, 0.15) is 27.2 Å². The topological polar surface area (TPSA) is 93.2 Å². The molecule has 0 aliphatic carbocycles. The lowest BCUT2D eigenvalue weighted by Crippen LogP contribution is -2.17. The summed E-state index contributed by atoms with van der Waals surface area (Å²) in [5, 5.41) is 5.90. The van der Waals surface area contributed by atoms with Gasteiger partial charge in [0.1, 0.15) is 18.0 Å². The number of benzene rings is 3. The summed E-state index contributed by atoms with van der Waals surface area (Å²) in [6, 6.07) is 13.8. The number of fused-ring (bicyclic) bond motifs is 1. The van der Waals surface area contributed by atoms with Crippen LogP contribution in [0.15, 0.2) is 67.0 Å². The summed E-state index contributed by atoms with van der Waals surface area (Å²) >= 11 is 0. The lowest BCUT2D eigenvalue weighted by molar-refractivity contribution is -0.137. The molecular weight excluding hydrogens is 480 g/mol. The number of anilines is 2. The number of aromatic nitrogens is 2. The summed E-state index contributed by atoms with van der Waals surface area (Å²) < 4.78 is 57.9. The zero-order valence-electron chi connectivity index (χ0n) is 18.7. The molecule has 11 heteroatoms. The standard InChI is InChI=1S/C25H18F4N4O3/c1-36-24(35)33-22-12-17(30-13-31-22)10-14-5-7-18-15(9-14)3-2-4-19(18)23(34)32-21-8-6-16(26)11-20(21)25(27,28)29/h2-9,11-13H,10H2,1H3,(H,32,34)(H,30,31,33,35). The largest absolute Gasteiger partial charge is 0.453 e. The number of carbonyl (C=O) groups excluding carboxylic acids is 2. The second-order valence-corrected chi connectivity index (χ2v) is 7.69. The Labute approximate surface area is 202 Å². The molecule has 0 aliphatic rings. The van der Waals surface area contributed by atoms with Crippen molar-refractivity contribution < 1.29 is 31.9 Å². The van der Waals surface area contributed by atoms with E-state index in [0.717, 1.165) is 17.7 Å². The van der Waals surface area contributed by atoms with Crippen LogP contribution < -0.4 is 10.6 Å². The Morgan fingerprint density at radius 1 is 0.972 bits per heavy atom. The Morgan fingerprint density at radius 3 is 2.53 bits per heavy atom. The van der Waals surface area contributed by atoms with Gasteiger partial charge in [0, 0.05) is 18.1 Å². The normalized spacial score (nSPS) is 11.2. The number of hydrogen-bond acceptors (Lipinski definition) is 5. The highest BCUT2D eigenvalue weighted by molar-refractivity contribution is 6.13. The molecular formula is C25H18F4N4O3. The number of hydrogen-bond donors (Lipinski definition) is 2. The number of carbonyl (C=O) groups is 2. The molecule has 0 atom stereocenters.